The minimum absolute atomic E-state index is 0.0440. The molecule has 0 fully saturated rings. The van der Waals surface area contributed by atoms with Gasteiger partial charge in [0.05, 0.1) is 4.92 Å². The number of nitro benzene ring substituents is 1. The Morgan fingerprint density at radius 2 is 2.17 bits per heavy atom. The minimum atomic E-state index is -0.572. The van der Waals surface area contributed by atoms with Crippen molar-refractivity contribution in [3.8, 4) is 5.75 Å². The summed E-state index contributed by atoms with van der Waals surface area (Å²) >= 11 is 5.53. The molecule has 0 aliphatic carbocycles. The van der Waals surface area contributed by atoms with E-state index in [0.29, 0.717) is 5.56 Å². The first-order valence-electron chi connectivity index (χ1n) is 3.16. The van der Waals surface area contributed by atoms with E-state index in [-0.39, 0.29) is 16.5 Å². The summed E-state index contributed by atoms with van der Waals surface area (Å²) in [5.74, 6) is -0.0666. The molecule has 0 aliphatic heterocycles. The Morgan fingerprint density at radius 3 is 2.58 bits per heavy atom. The number of rotatable bonds is 1. The molecular formula is C7H6ClNO3. The maximum atomic E-state index is 10.4. The van der Waals surface area contributed by atoms with Gasteiger partial charge in [-0.05, 0) is 13.0 Å². The maximum absolute atomic E-state index is 10.4. The van der Waals surface area contributed by atoms with Gasteiger partial charge >= 0.3 is 0 Å². The monoisotopic (exact) mass is 187 g/mol. The van der Waals surface area contributed by atoms with Gasteiger partial charge in [-0.3, -0.25) is 10.1 Å². The largest absolute Gasteiger partial charge is 0.508 e. The Labute approximate surface area is 73.5 Å². The predicted molar refractivity (Wildman–Crippen MR) is 44.5 cm³/mol. The molecule has 0 bridgehead atoms. The second-order valence-electron chi connectivity index (χ2n) is 2.35. The van der Waals surface area contributed by atoms with Crippen LogP contribution in [0, 0.1) is 17.0 Å². The summed E-state index contributed by atoms with van der Waals surface area (Å²) in [6, 6.07) is 2.44. The van der Waals surface area contributed by atoms with E-state index in [0.717, 1.165) is 6.07 Å². The van der Waals surface area contributed by atoms with Crippen LogP contribution in [0.15, 0.2) is 12.1 Å². The summed E-state index contributed by atoms with van der Waals surface area (Å²) in [4.78, 5) is 9.82. The molecule has 0 atom stereocenters. The number of halogens is 1. The molecule has 0 radical (unpaired) electrons. The highest BCUT2D eigenvalue weighted by Gasteiger charge is 2.16. The molecule has 1 aromatic rings. The Kier molecular flexibility index (Phi) is 2.19. The van der Waals surface area contributed by atoms with Crippen LogP contribution in [0.25, 0.3) is 0 Å². The molecule has 64 valence electrons. The first kappa shape index (κ1) is 8.80. The van der Waals surface area contributed by atoms with E-state index >= 15 is 0 Å². The van der Waals surface area contributed by atoms with Crippen LogP contribution in [0.2, 0.25) is 5.02 Å². The average molecular weight is 188 g/mol. The maximum Gasteiger partial charge on any atom is 0.291 e. The Bertz CT molecular complexity index is 314. The highest BCUT2D eigenvalue weighted by Crippen LogP contribution is 2.31. The zero-order valence-electron chi connectivity index (χ0n) is 6.24. The van der Waals surface area contributed by atoms with Crippen LogP contribution >= 0.6 is 11.6 Å². The lowest BCUT2D eigenvalue weighted by molar-refractivity contribution is -0.385. The molecule has 4 nitrogen and oxygen atoms in total. The van der Waals surface area contributed by atoms with Crippen LogP contribution in [0.1, 0.15) is 5.56 Å². The zero-order chi connectivity index (χ0) is 9.30. The van der Waals surface area contributed by atoms with Gasteiger partial charge in [0.15, 0.2) is 0 Å². The average Bonchev–Trinajstić information content (AvgIpc) is 1.82. The number of phenols is 1. The molecule has 0 saturated carbocycles. The van der Waals surface area contributed by atoms with E-state index in [9.17, 15) is 10.1 Å². The highest BCUT2D eigenvalue weighted by molar-refractivity contribution is 6.32. The van der Waals surface area contributed by atoms with Crippen molar-refractivity contribution in [2.24, 2.45) is 0 Å². The Balaban J connectivity index is 3.38. The molecule has 5 heteroatoms. The third-order valence-corrected chi connectivity index (χ3v) is 1.71. The molecule has 0 unspecified atom stereocenters. The molecular weight excluding hydrogens is 182 g/mol. The number of benzene rings is 1. The van der Waals surface area contributed by atoms with Crippen molar-refractivity contribution < 1.29 is 10.0 Å². The van der Waals surface area contributed by atoms with Crippen molar-refractivity contribution in [3.63, 3.8) is 0 Å². The Hall–Kier alpha value is -1.29. The summed E-state index contributed by atoms with van der Waals surface area (Å²) in [5, 5.41) is 19.3. The molecule has 0 aromatic heterocycles. The molecule has 0 saturated heterocycles. The lowest BCUT2D eigenvalue weighted by atomic mass is 10.2. The first-order chi connectivity index (χ1) is 5.52. The van der Waals surface area contributed by atoms with Gasteiger partial charge in [-0.2, -0.15) is 0 Å². The van der Waals surface area contributed by atoms with Crippen molar-refractivity contribution in [3.05, 3.63) is 32.8 Å². The first-order valence-corrected chi connectivity index (χ1v) is 3.53. The summed E-state index contributed by atoms with van der Waals surface area (Å²) in [6.45, 7) is 1.52. The fourth-order valence-corrected chi connectivity index (χ4v) is 1.28. The number of nitro groups is 1. The number of hydrogen-bond donors (Lipinski definition) is 1. The molecule has 0 aliphatic rings. The topological polar surface area (TPSA) is 63.4 Å². The Morgan fingerprint density at radius 1 is 1.58 bits per heavy atom. The number of aryl methyl sites for hydroxylation is 1. The van der Waals surface area contributed by atoms with Crippen molar-refractivity contribution in [2.45, 2.75) is 6.92 Å². The number of aromatic hydroxyl groups is 1. The molecule has 0 spiro atoms. The van der Waals surface area contributed by atoms with Crippen LogP contribution < -0.4 is 0 Å². The quantitative estimate of drug-likeness (QED) is 0.542. The van der Waals surface area contributed by atoms with E-state index in [1.54, 1.807) is 0 Å². The third-order valence-electron chi connectivity index (χ3n) is 1.42. The van der Waals surface area contributed by atoms with Crippen molar-refractivity contribution in [1.29, 1.82) is 0 Å². The number of phenolic OH excluding ortho intramolecular Hbond substituents is 1. The van der Waals surface area contributed by atoms with Gasteiger partial charge in [0.25, 0.3) is 5.69 Å². The third kappa shape index (κ3) is 1.48. The van der Waals surface area contributed by atoms with Crippen LogP contribution in [-0.4, -0.2) is 10.0 Å². The molecule has 1 rings (SSSR count). The SMILES string of the molecule is Cc1cc(O)cc(Cl)c1[N+](=O)[O-]. The normalized spacial score (nSPS) is 9.83. The molecule has 12 heavy (non-hydrogen) atoms. The molecule has 0 heterocycles. The summed E-state index contributed by atoms with van der Waals surface area (Å²) in [6.07, 6.45) is 0. The van der Waals surface area contributed by atoms with Gasteiger partial charge < -0.3 is 5.11 Å². The van der Waals surface area contributed by atoms with E-state index < -0.39 is 4.92 Å². The minimum Gasteiger partial charge on any atom is -0.508 e. The highest BCUT2D eigenvalue weighted by atomic mass is 35.5. The van der Waals surface area contributed by atoms with Crippen LogP contribution in [0.5, 0.6) is 5.75 Å². The van der Waals surface area contributed by atoms with Gasteiger partial charge in [0.1, 0.15) is 10.8 Å². The van der Waals surface area contributed by atoms with Gasteiger partial charge in [0.2, 0.25) is 0 Å². The fraction of sp³-hybridized carbons (Fsp3) is 0.143. The van der Waals surface area contributed by atoms with E-state index in [2.05, 4.69) is 0 Å². The predicted octanol–water partition coefficient (Wildman–Crippen LogP) is 2.26. The summed E-state index contributed by atoms with van der Waals surface area (Å²) < 4.78 is 0. The van der Waals surface area contributed by atoms with E-state index in [1.165, 1.54) is 13.0 Å². The fourth-order valence-electron chi connectivity index (χ4n) is 0.950. The molecule has 1 aromatic carbocycles. The zero-order valence-corrected chi connectivity index (χ0v) is 7.00. The standard InChI is InChI=1S/C7H6ClNO3/c1-4-2-5(10)3-6(8)7(4)9(11)12/h2-3,10H,1H3. The van der Waals surface area contributed by atoms with Crippen LogP contribution in [0.4, 0.5) is 5.69 Å². The van der Waals surface area contributed by atoms with E-state index in [1.807, 2.05) is 0 Å². The van der Waals surface area contributed by atoms with Crippen LogP contribution in [0.3, 0.4) is 0 Å². The van der Waals surface area contributed by atoms with Crippen molar-refractivity contribution >= 4 is 17.3 Å². The number of hydrogen-bond acceptors (Lipinski definition) is 3. The van der Waals surface area contributed by atoms with Gasteiger partial charge in [-0.1, -0.05) is 11.6 Å². The summed E-state index contributed by atoms with van der Waals surface area (Å²) in [7, 11) is 0. The summed E-state index contributed by atoms with van der Waals surface area (Å²) in [5.41, 5.74) is 0.194. The smallest absolute Gasteiger partial charge is 0.291 e. The second kappa shape index (κ2) is 2.98. The van der Waals surface area contributed by atoms with Gasteiger partial charge in [-0.25, -0.2) is 0 Å². The second-order valence-corrected chi connectivity index (χ2v) is 2.76. The number of nitrogens with zero attached hydrogens (tertiary/aromatic N) is 1. The van der Waals surface area contributed by atoms with Crippen molar-refractivity contribution in [1.82, 2.24) is 0 Å². The lowest BCUT2D eigenvalue weighted by Crippen LogP contribution is -1.92. The molecule has 1 N–H and O–H groups in total. The lowest BCUT2D eigenvalue weighted by Gasteiger charge is -1.99. The van der Waals surface area contributed by atoms with Crippen LogP contribution in [-0.2, 0) is 0 Å². The molecule has 0 amide bonds. The van der Waals surface area contributed by atoms with E-state index in [4.69, 9.17) is 16.7 Å². The van der Waals surface area contributed by atoms with Gasteiger partial charge in [0, 0.05) is 11.6 Å². The van der Waals surface area contributed by atoms with Crippen molar-refractivity contribution in [2.75, 3.05) is 0 Å². The van der Waals surface area contributed by atoms with Gasteiger partial charge in [-0.15, -0.1) is 0 Å².